The second kappa shape index (κ2) is 2.73. The highest BCUT2D eigenvalue weighted by Gasteiger charge is 2.64. The van der Waals surface area contributed by atoms with Crippen molar-refractivity contribution in [3.05, 3.63) is 0 Å². The molecule has 13 heavy (non-hydrogen) atoms. The summed E-state index contributed by atoms with van der Waals surface area (Å²) in [5.74, 6) is 0.760. The molecule has 2 nitrogen and oxygen atoms in total. The van der Waals surface area contributed by atoms with Crippen LogP contribution in [0.5, 0.6) is 0 Å². The van der Waals surface area contributed by atoms with Crippen LogP contribution in [0, 0.1) is 23.2 Å². The van der Waals surface area contributed by atoms with E-state index in [1.54, 1.807) is 0 Å². The van der Waals surface area contributed by atoms with E-state index in [2.05, 4.69) is 13.8 Å². The molecule has 2 heteroatoms. The fourth-order valence-corrected chi connectivity index (χ4v) is 3.46. The quantitative estimate of drug-likeness (QED) is 0.712. The monoisotopic (exact) mass is 182 g/mol. The van der Waals surface area contributed by atoms with Crippen molar-refractivity contribution >= 4 is 5.97 Å². The number of rotatable bonds is 2. The zero-order chi connectivity index (χ0) is 9.64. The molecule has 3 unspecified atom stereocenters. The second-order valence-corrected chi connectivity index (χ2v) is 5.07. The summed E-state index contributed by atoms with van der Waals surface area (Å²) in [4.78, 5) is 10.9. The van der Waals surface area contributed by atoms with Gasteiger partial charge in [-0.25, -0.2) is 0 Å². The van der Waals surface area contributed by atoms with Gasteiger partial charge in [-0.2, -0.15) is 0 Å². The lowest BCUT2D eigenvalue weighted by molar-refractivity contribution is -0.139. The Bertz CT molecular complexity index is 234. The van der Waals surface area contributed by atoms with Crippen LogP contribution in [0.1, 0.15) is 39.5 Å². The predicted molar refractivity (Wildman–Crippen MR) is 50.4 cm³/mol. The first-order valence-corrected chi connectivity index (χ1v) is 5.31. The molecule has 0 radical (unpaired) electrons. The molecule has 0 saturated heterocycles. The largest absolute Gasteiger partial charge is 0.481 e. The number of carboxylic acid groups (broad SMARTS) is 1. The Morgan fingerprint density at radius 3 is 2.69 bits per heavy atom. The molecule has 0 aromatic carbocycles. The molecule has 0 heterocycles. The Morgan fingerprint density at radius 1 is 1.54 bits per heavy atom. The Balaban J connectivity index is 2.12. The smallest absolute Gasteiger partial charge is 0.307 e. The maximum Gasteiger partial charge on any atom is 0.307 e. The van der Waals surface area contributed by atoms with Gasteiger partial charge in [-0.1, -0.05) is 20.3 Å². The molecule has 2 fully saturated rings. The summed E-state index contributed by atoms with van der Waals surface area (Å²) >= 11 is 0. The lowest BCUT2D eigenvalue weighted by Crippen LogP contribution is -2.20. The lowest BCUT2D eigenvalue weighted by Gasteiger charge is -2.23. The van der Waals surface area contributed by atoms with Crippen LogP contribution < -0.4 is 0 Å². The van der Waals surface area contributed by atoms with E-state index in [9.17, 15) is 4.79 Å². The van der Waals surface area contributed by atoms with E-state index in [1.165, 1.54) is 12.8 Å². The van der Waals surface area contributed by atoms with Gasteiger partial charge in [0.1, 0.15) is 0 Å². The van der Waals surface area contributed by atoms with Crippen molar-refractivity contribution < 1.29 is 9.90 Å². The van der Waals surface area contributed by atoms with Gasteiger partial charge in [0.25, 0.3) is 0 Å². The highest BCUT2D eigenvalue weighted by atomic mass is 16.4. The minimum absolute atomic E-state index is 0.0117. The summed E-state index contributed by atoms with van der Waals surface area (Å²) in [7, 11) is 0. The van der Waals surface area contributed by atoms with E-state index < -0.39 is 5.97 Å². The van der Waals surface area contributed by atoms with Gasteiger partial charge in [0.2, 0.25) is 0 Å². The molecule has 2 saturated carbocycles. The van der Waals surface area contributed by atoms with Crippen molar-refractivity contribution in [1.82, 2.24) is 0 Å². The van der Waals surface area contributed by atoms with Gasteiger partial charge in [-0.3, -0.25) is 4.79 Å². The molecule has 2 aliphatic rings. The number of hydrogen-bond acceptors (Lipinski definition) is 1. The first-order valence-electron chi connectivity index (χ1n) is 5.31. The average molecular weight is 182 g/mol. The van der Waals surface area contributed by atoms with E-state index in [1.807, 2.05) is 0 Å². The van der Waals surface area contributed by atoms with Crippen molar-refractivity contribution in [1.29, 1.82) is 0 Å². The average Bonchev–Trinajstić information content (AvgIpc) is 2.54. The van der Waals surface area contributed by atoms with E-state index in [0.29, 0.717) is 11.8 Å². The highest BCUT2D eigenvalue weighted by molar-refractivity contribution is 5.75. The number of carboxylic acids is 1. The first-order chi connectivity index (χ1) is 6.08. The van der Waals surface area contributed by atoms with Crippen LogP contribution in [0.2, 0.25) is 0 Å². The molecule has 74 valence electrons. The molecule has 0 bridgehead atoms. The number of carbonyl (C=O) groups is 1. The van der Waals surface area contributed by atoms with Crippen LogP contribution in [0.4, 0.5) is 0 Å². The Labute approximate surface area is 79.3 Å². The fraction of sp³-hybridized carbons (Fsp3) is 0.909. The zero-order valence-electron chi connectivity index (χ0n) is 8.42. The van der Waals surface area contributed by atoms with Gasteiger partial charge in [-0.05, 0) is 36.5 Å². The minimum Gasteiger partial charge on any atom is -0.481 e. The van der Waals surface area contributed by atoms with Crippen molar-refractivity contribution in [2.45, 2.75) is 39.5 Å². The van der Waals surface area contributed by atoms with Crippen LogP contribution in [0.15, 0.2) is 0 Å². The number of aliphatic carboxylic acids is 1. The normalized spacial score (nSPS) is 43.0. The van der Waals surface area contributed by atoms with Gasteiger partial charge >= 0.3 is 5.97 Å². The Hall–Kier alpha value is -0.530. The van der Waals surface area contributed by atoms with Crippen molar-refractivity contribution in [2.24, 2.45) is 23.2 Å². The van der Waals surface area contributed by atoms with Crippen LogP contribution in [-0.2, 0) is 4.79 Å². The zero-order valence-corrected chi connectivity index (χ0v) is 8.42. The summed E-state index contributed by atoms with van der Waals surface area (Å²) in [6.45, 7) is 4.46. The molecule has 0 amide bonds. The van der Waals surface area contributed by atoms with Gasteiger partial charge < -0.3 is 5.11 Å². The van der Waals surface area contributed by atoms with Crippen LogP contribution >= 0.6 is 0 Å². The fourth-order valence-electron chi connectivity index (χ4n) is 3.46. The third-order valence-corrected chi connectivity index (χ3v) is 4.12. The third-order valence-electron chi connectivity index (χ3n) is 4.12. The molecule has 0 aromatic rings. The van der Waals surface area contributed by atoms with Crippen molar-refractivity contribution in [2.75, 3.05) is 0 Å². The number of hydrogen-bond donors (Lipinski definition) is 1. The van der Waals surface area contributed by atoms with E-state index in [-0.39, 0.29) is 11.3 Å². The molecular weight excluding hydrogens is 164 g/mol. The molecule has 1 N–H and O–H groups in total. The molecule has 2 rings (SSSR count). The van der Waals surface area contributed by atoms with E-state index in [4.69, 9.17) is 5.11 Å². The third kappa shape index (κ3) is 1.18. The standard InChI is InChI=1S/C11H18O2/c1-7(2)8-4-3-5-11(8)6-9(11)10(12)13/h7-9H,3-6H2,1-2H3,(H,12,13). The molecule has 0 aliphatic heterocycles. The van der Waals surface area contributed by atoms with Gasteiger partial charge in [0, 0.05) is 0 Å². The maximum absolute atomic E-state index is 10.9. The summed E-state index contributed by atoms with van der Waals surface area (Å²) in [5.41, 5.74) is 0.222. The molecule has 0 aromatic heterocycles. The van der Waals surface area contributed by atoms with Crippen LogP contribution in [0.25, 0.3) is 0 Å². The highest BCUT2D eigenvalue weighted by Crippen LogP contribution is 2.67. The second-order valence-electron chi connectivity index (χ2n) is 5.07. The van der Waals surface area contributed by atoms with E-state index in [0.717, 1.165) is 12.8 Å². The SMILES string of the molecule is CC(C)C1CCCC12CC2C(=O)O. The van der Waals surface area contributed by atoms with E-state index >= 15 is 0 Å². The van der Waals surface area contributed by atoms with Crippen LogP contribution in [0.3, 0.4) is 0 Å². The lowest BCUT2D eigenvalue weighted by atomic mass is 9.82. The van der Waals surface area contributed by atoms with Crippen LogP contribution in [-0.4, -0.2) is 11.1 Å². The first kappa shape index (κ1) is 9.04. The summed E-state index contributed by atoms with van der Waals surface area (Å²) in [6.07, 6.45) is 4.60. The molecule has 1 spiro atoms. The summed E-state index contributed by atoms with van der Waals surface area (Å²) in [5, 5.41) is 8.98. The summed E-state index contributed by atoms with van der Waals surface area (Å²) < 4.78 is 0. The molecule has 3 atom stereocenters. The van der Waals surface area contributed by atoms with Crippen molar-refractivity contribution in [3.63, 3.8) is 0 Å². The molecule has 2 aliphatic carbocycles. The Kier molecular flexibility index (Phi) is 1.90. The minimum atomic E-state index is -0.562. The Morgan fingerprint density at radius 2 is 2.23 bits per heavy atom. The van der Waals surface area contributed by atoms with Gasteiger partial charge in [0.05, 0.1) is 5.92 Å². The maximum atomic E-state index is 10.9. The predicted octanol–water partition coefficient (Wildman–Crippen LogP) is 2.53. The molecular formula is C11H18O2. The van der Waals surface area contributed by atoms with Gasteiger partial charge in [-0.15, -0.1) is 0 Å². The summed E-state index contributed by atoms with van der Waals surface area (Å²) in [6, 6.07) is 0. The topological polar surface area (TPSA) is 37.3 Å². The van der Waals surface area contributed by atoms with Crippen molar-refractivity contribution in [3.8, 4) is 0 Å². The van der Waals surface area contributed by atoms with Gasteiger partial charge in [0.15, 0.2) is 0 Å².